The molecule has 1 saturated heterocycles. The molecule has 1 N–H and O–H groups in total. The third kappa shape index (κ3) is 4.82. The van der Waals surface area contributed by atoms with Gasteiger partial charge in [0.2, 0.25) is 5.91 Å². The van der Waals surface area contributed by atoms with Gasteiger partial charge < -0.3 is 14.6 Å². The lowest BCUT2D eigenvalue weighted by Gasteiger charge is -2.30. The maximum Gasteiger partial charge on any atom is 0.257 e. The van der Waals surface area contributed by atoms with E-state index in [0.717, 1.165) is 42.1 Å². The molecule has 4 heterocycles. The second kappa shape index (κ2) is 9.22. The fourth-order valence-electron chi connectivity index (χ4n) is 4.71. The zero-order valence-corrected chi connectivity index (χ0v) is 18.8. The van der Waals surface area contributed by atoms with Gasteiger partial charge in [0, 0.05) is 31.5 Å². The van der Waals surface area contributed by atoms with Crippen LogP contribution in [0.1, 0.15) is 63.5 Å². The maximum absolute atomic E-state index is 13.0. The molecule has 0 unspecified atom stereocenters. The van der Waals surface area contributed by atoms with Crippen molar-refractivity contribution in [3.63, 3.8) is 0 Å². The van der Waals surface area contributed by atoms with Gasteiger partial charge in [0.15, 0.2) is 0 Å². The summed E-state index contributed by atoms with van der Waals surface area (Å²) in [5.41, 5.74) is 4.94. The molecule has 7 nitrogen and oxygen atoms in total. The number of carbonyl (C=O) groups excluding carboxylic acids is 2. The van der Waals surface area contributed by atoms with Crippen LogP contribution in [0.15, 0.2) is 16.7 Å². The van der Waals surface area contributed by atoms with Gasteiger partial charge in [0.05, 0.1) is 12.1 Å². The third-order valence-electron chi connectivity index (χ3n) is 6.43. The number of pyridine rings is 1. The van der Waals surface area contributed by atoms with Crippen LogP contribution in [0.25, 0.3) is 0 Å². The van der Waals surface area contributed by atoms with Gasteiger partial charge in [-0.05, 0) is 75.9 Å². The summed E-state index contributed by atoms with van der Waals surface area (Å²) in [4.78, 5) is 34.1. The van der Waals surface area contributed by atoms with Crippen molar-refractivity contribution in [1.29, 1.82) is 0 Å². The van der Waals surface area contributed by atoms with Gasteiger partial charge in [-0.3, -0.25) is 19.5 Å². The normalized spacial score (nSPS) is 16.8. The van der Waals surface area contributed by atoms with Crippen LogP contribution in [-0.2, 0) is 24.3 Å². The standard InChI is InChI=1S/C24H32N4O3/c1-16-11-21(18(3)31-16)24(30)28-10-7-20-19(14-28)12-25-17(2)22(20)13-26-23(29)15-27-8-5-4-6-9-27/h11-12H,4-10,13-15H2,1-3H3,(H,26,29). The highest BCUT2D eigenvalue weighted by molar-refractivity contribution is 5.95. The van der Waals surface area contributed by atoms with E-state index in [9.17, 15) is 9.59 Å². The Labute approximate surface area is 183 Å². The van der Waals surface area contributed by atoms with Crippen molar-refractivity contribution in [3.8, 4) is 0 Å². The molecule has 7 heteroatoms. The minimum absolute atomic E-state index is 0.00282. The van der Waals surface area contributed by atoms with Gasteiger partial charge in [-0.1, -0.05) is 6.42 Å². The van der Waals surface area contributed by atoms with Gasteiger partial charge in [-0.2, -0.15) is 0 Å². The average Bonchev–Trinajstić information content (AvgIpc) is 3.10. The van der Waals surface area contributed by atoms with Gasteiger partial charge in [-0.25, -0.2) is 0 Å². The summed E-state index contributed by atoms with van der Waals surface area (Å²) in [5, 5.41) is 3.09. The molecule has 0 spiro atoms. The Kier molecular flexibility index (Phi) is 6.41. The van der Waals surface area contributed by atoms with Crippen molar-refractivity contribution >= 4 is 11.8 Å². The Hall–Kier alpha value is -2.67. The Morgan fingerprint density at radius 3 is 2.61 bits per heavy atom. The molecular formula is C24H32N4O3. The van der Waals surface area contributed by atoms with Crippen molar-refractivity contribution < 1.29 is 14.0 Å². The number of aryl methyl sites for hydroxylation is 3. The fourth-order valence-corrected chi connectivity index (χ4v) is 4.71. The van der Waals surface area contributed by atoms with Crippen LogP contribution in [-0.4, -0.2) is 52.8 Å². The van der Waals surface area contributed by atoms with Gasteiger partial charge in [0.1, 0.15) is 11.5 Å². The molecule has 0 radical (unpaired) electrons. The number of likely N-dealkylation sites (tertiary alicyclic amines) is 1. The average molecular weight is 425 g/mol. The molecule has 2 amide bonds. The largest absolute Gasteiger partial charge is 0.466 e. The molecular weight excluding hydrogens is 392 g/mol. The number of aromatic nitrogens is 1. The fraction of sp³-hybridized carbons (Fsp3) is 0.542. The molecule has 0 bridgehead atoms. The molecule has 2 aliphatic rings. The summed E-state index contributed by atoms with van der Waals surface area (Å²) in [5.74, 6) is 1.47. The molecule has 0 aromatic carbocycles. The quantitative estimate of drug-likeness (QED) is 0.799. The van der Waals surface area contributed by atoms with E-state index in [1.165, 1.54) is 24.8 Å². The molecule has 2 aliphatic heterocycles. The second-order valence-corrected chi connectivity index (χ2v) is 8.74. The first-order chi connectivity index (χ1) is 14.9. The number of nitrogens with zero attached hydrogens (tertiary/aromatic N) is 3. The third-order valence-corrected chi connectivity index (χ3v) is 6.43. The molecule has 2 aromatic rings. The van der Waals surface area contributed by atoms with Crippen LogP contribution in [0.3, 0.4) is 0 Å². The van der Waals surface area contributed by atoms with E-state index in [0.29, 0.717) is 37.5 Å². The molecule has 1 fully saturated rings. The van der Waals surface area contributed by atoms with E-state index >= 15 is 0 Å². The lowest BCUT2D eigenvalue weighted by Crippen LogP contribution is -2.40. The molecule has 0 atom stereocenters. The zero-order valence-electron chi connectivity index (χ0n) is 18.8. The van der Waals surface area contributed by atoms with Gasteiger partial charge in [0.25, 0.3) is 5.91 Å². The number of fused-ring (bicyclic) bond motifs is 1. The van der Waals surface area contributed by atoms with Gasteiger partial charge in [-0.15, -0.1) is 0 Å². The molecule has 2 aromatic heterocycles. The summed E-state index contributed by atoms with van der Waals surface area (Å²) < 4.78 is 5.54. The molecule has 31 heavy (non-hydrogen) atoms. The van der Waals surface area contributed by atoms with Crippen molar-refractivity contribution in [2.45, 2.75) is 59.5 Å². The lowest BCUT2D eigenvalue weighted by atomic mass is 9.94. The summed E-state index contributed by atoms with van der Waals surface area (Å²) in [6, 6.07) is 1.81. The number of carbonyl (C=O) groups is 2. The summed E-state index contributed by atoms with van der Waals surface area (Å²) >= 11 is 0. The van der Waals surface area contributed by atoms with E-state index in [-0.39, 0.29) is 11.8 Å². The minimum Gasteiger partial charge on any atom is -0.466 e. The monoisotopic (exact) mass is 424 g/mol. The molecule has 0 aliphatic carbocycles. The number of hydrogen-bond donors (Lipinski definition) is 1. The van der Waals surface area contributed by atoms with E-state index < -0.39 is 0 Å². The van der Waals surface area contributed by atoms with E-state index in [1.807, 2.05) is 37.9 Å². The first kappa shape index (κ1) is 21.6. The SMILES string of the molecule is Cc1cc(C(=O)N2CCc3c(cnc(C)c3CNC(=O)CN3CCCCC3)C2)c(C)o1. The topological polar surface area (TPSA) is 78.7 Å². The van der Waals surface area contributed by atoms with Crippen LogP contribution >= 0.6 is 0 Å². The summed E-state index contributed by atoms with van der Waals surface area (Å²) in [6.45, 7) is 9.81. The highest BCUT2D eigenvalue weighted by Gasteiger charge is 2.27. The highest BCUT2D eigenvalue weighted by Crippen LogP contribution is 2.26. The van der Waals surface area contributed by atoms with E-state index in [2.05, 4.69) is 15.2 Å². The predicted octanol–water partition coefficient (Wildman–Crippen LogP) is 2.90. The Balaban J connectivity index is 1.42. The maximum atomic E-state index is 13.0. The molecule has 0 saturated carbocycles. The number of hydrogen-bond acceptors (Lipinski definition) is 5. The number of furan rings is 1. The van der Waals surface area contributed by atoms with Crippen LogP contribution in [0.4, 0.5) is 0 Å². The first-order valence-electron chi connectivity index (χ1n) is 11.2. The number of amides is 2. The van der Waals surface area contributed by atoms with Crippen LogP contribution < -0.4 is 5.32 Å². The number of piperidine rings is 1. The Morgan fingerprint density at radius 1 is 1.13 bits per heavy atom. The van der Waals surface area contributed by atoms with E-state index in [1.54, 1.807) is 0 Å². The van der Waals surface area contributed by atoms with Crippen molar-refractivity contribution in [2.75, 3.05) is 26.2 Å². The number of nitrogens with one attached hydrogen (secondary N) is 1. The lowest BCUT2D eigenvalue weighted by molar-refractivity contribution is -0.122. The van der Waals surface area contributed by atoms with Crippen molar-refractivity contribution in [3.05, 3.63) is 51.7 Å². The summed E-state index contributed by atoms with van der Waals surface area (Å²) in [6.07, 6.45) is 6.25. The highest BCUT2D eigenvalue weighted by atomic mass is 16.3. The van der Waals surface area contributed by atoms with E-state index in [4.69, 9.17) is 4.42 Å². The zero-order chi connectivity index (χ0) is 22.0. The Morgan fingerprint density at radius 2 is 1.90 bits per heavy atom. The van der Waals surface area contributed by atoms with Gasteiger partial charge >= 0.3 is 0 Å². The van der Waals surface area contributed by atoms with Crippen LogP contribution in [0.2, 0.25) is 0 Å². The van der Waals surface area contributed by atoms with Crippen molar-refractivity contribution in [2.24, 2.45) is 0 Å². The van der Waals surface area contributed by atoms with Crippen LogP contribution in [0.5, 0.6) is 0 Å². The summed E-state index contributed by atoms with van der Waals surface area (Å²) in [7, 11) is 0. The molecule has 4 rings (SSSR count). The smallest absolute Gasteiger partial charge is 0.257 e. The predicted molar refractivity (Wildman–Crippen MR) is 118 cm³/mol. The first-order valence-corrected chi connectivity index (χ1v) is 11.2. The van der Waals surface area contributed by atoms with Crippen LogP contribution in [0, 0.1) is 20.8 Å². The second-order valence-electron chi connectivity index (χ2n) is 8.74. The minimum atomic E-state index is -0.00282. The van der Waals surface area contributed by atoms with Crippen molar-refractivity contribution in [1.82, 2.24) is 20.1 Å². The molecule has 166 valence electrons. The number of rotatable bonds is 5. The Bertz CT molecular complexity index is 975.